The molecule has 0 saturated heterocycles. The first-order valence-corrected chi connectivity index (χ1v) is 27.3. The number of thiophene rings is 1. The van der Waals surface area contributed by atoms with Crippen molar-refractivity contribution in [1.82, 2.24) is 0 Å². The number of hydrogen-bond donors (Lipinski definition) is 0. The van der Waals surface area contributed by atoms with Crippen LogP contribution in [0.15, 0.2) is 232 Å². The zero-order valence-corrected chi connectivity index (χ0v) is 45.1. The minimum absolute atomic E-state index is 0.909. The van der Waals surface area contributed by atoms with Gasteiger partial charge in [-0.25, -0.2) is 0 Å². The van der Waals surface area contributed by atoms with Crippen molar-refractivity contribution in [3.8, 4) is 33.1 Å². The lowest BCUT2D eigenvalue weighted by Crippen LogP contribution is -2.31. The van der Waals surface area contributed by atoms with Gasteiger partial charge in [0.15, 0.2) is 5.58 Å². The first kappa shape index (κ1) is 47.1. The summed E-state index contributed by atoms with van der Waals surface area (Å²) >= 11 is 1.86. The van der Waals surface area contributed by atoms with Gasteiger partial charge in [-0.2, -0.15) is 13.7 Å². The Morgan fingerprint density at radius 1 is 0.359 bits per heavy atom. The number of furan rings is 3. The molecule has 7 heterocycles. The molecule has 0 aliphatic heterocycles. The van der Waals surface area contributed by atoms with Gasteiger partial charge in [0.05, 0.1) is 10.8 Å². The van der Waals surface area contributed by atoms with E-state index >= 15 is 0 Å². The summed E-state index contributed by atoms with van der Waals surface area (Å²) in [4.78, 5) is 1.32. The molecule has 78 heavy (non-hydrogen) atoms. The molecule has 16 aromatic rings. The van der Waals surface area contributed by atoms with Crippen molar-refractivity contribution in [2.45, 2.75) is 20.8 Å². The van der Waals surface area contributed by atoms with E-state index in [2.05, 4.69) is 274 Å². The van der Waals surface area contributed by atoms with Gasteiger partial charge in [-0.1, -0.05) is 140 Å². The van der Waals surface area contributed by atoms with Crippen molar-refractivity contribution in [3.63, 3.8) is 0 Å². The van der Waals surface area contributed by atoms with Crippen LogP contribution in [0.4, 0.5) is 0 Å². The molecule has 9 aromatic carbocycles. The van der Waals surface area contributed by atoms with Crippen molar-refractivity contribution in [2.75, 3.05) is 0 Å². The molecule has 0 fully saturated rings. The number of hydrogen-bond acceptors (Lipinski definition) is 4. The van der Waals surface area contributed by atoms with Gasteiger partial charge in [-0.15, -0.1) is 11.3 Å². The second-order valence-electron chi connectivity index (χ2n) is 20.5. The molecule has 0 saturated carbocycles. The number of aryl methyl sites for hydroxylation is 6. The van der Waals surface area contributed by atoms with Gasteiger partial charge in [-0.3, -0.25) is 0 Å². The van der Waals surface area contributed by atoms with Crippen LogP contribution in [-0.2, 0) is 21.1 Å². The van der Waals surface area contributed by atoms with Crippen LogP contribution >= 0.6 is 11.3 Å². The maximum atomic E-state index is 6.36. The van der Waals surface area contributed by atoms with E-state index in [0.717, 1.165) is 61.3 Å². The Kier molecular flexibility index (Phi) is 11.3. The Bertz CT molecular complexity index is 5010. The topological polar surface area (TPSA) is 51.1 Å². The van der Waals surface area contributed by atoms with Gasteiger partial charge < -0.3 is 13.3 Å². The zero-order valence-electron chi connectivity index (χ0n) is 44.3. The average molecular weight is 1030 g/mol. The number of benzene rings is 9. The lowest BCUT2D eigenvalue weighted by Gasteiger charge is -2.03. The molecule has 0 aliphatic rings. The second kappa shape index (κ2) is 18.7. The van der Waals surface area contributed by atoms with Crippen molar-refractivity contribution in [1.29, 1.82) is 0 Å². The van der Waals surface area contributed by atoms with E-state index in [1.807, 2.05) is 11.3 Å². The molecule has 0 atom stereocenters. The summed E-state index contributed by atoms with van der Waals surface area (Å²) in [5.74, 6) is 0. The van der Waals surface area contributed by atoms with E-state index in [1.54, 1.807) is 0 Å². The fourth-order valence-corrected chi connectivity index (χ4v) is 13.0. The SMILES string of the molecule is Cc1c(-c2cc3c(c[n+]2C)oc2cc4ccccc4cc23)sc2ccccc12.Cc1ccccc1-c1ccc2c3c(ccc4ccccc43)oc2[n+]1C.Cc1ccccc1-c1ccc2c3ccc4ccccc4c3oc2[n+]1C. The molecule has 0 aliphatic carbocycles. The highest BCUT2D eigenvalue weighted by Crippen LogP contribution is 2.40. The third-order valence-electron chi connectivity index (χ3n) is 15.9. The van der Waals surface area contributed by atoms with Gasteiger partial charge in [0, 0.05) is 61.0 Å². The van der Waals surface area contributed by atoms with Gasteiger partial charge >= 0.3 is 11.4 Å². The van der Waals surface area contributed by atoms with E-state index in [-0.39, 0.29) is 0 Å². The molecular formula is C71H54N3O3S+3. The maximum Gasteiger partial charge on any atom is 0.381 e. The summed E-state index contributed by atoms with van der Waals surface area (Å²) in [5.41, 5.74) is 15.5. The van der Waals surface area contributed by atoms with Crippen molar-refractivity contribution < 1.29 is 27.0 Å². The van der Waals surface area contributed by atoms with Gasteiger partial charge in [-0.05, 0) is 124 Å². The van der Waals surface area contributed by atoms with Crippen molar-refractivity contribution in [3.05, 3.63) is 235 Å². The first-order chi connectivity index (χ1) is 38.2. The Labute approximate surface area is 454 Å². The predicted molar refractivity (Wildman–Crippen MR) is 323 cm³/mol. The summed E-state index contributed by atoms with van der Waals surface area (Å²) in [6, 6.07) is 74.8. The third-order valence-corrected chi connectivity index (χ3v) is 17.2. The van der Waals surface area contributed by atoms with Gasteiger partial charge in [0.25, 0.3) is 0 Å². The van der Waals surface area contributed by atoms with E-state index < -0.39 is 0 Å². The largest absolute Gasteiger partial charge is 0.450 e. The van der Waals surface area contributed by atoms with Gasteiger partial charge in [0.1, 0.15) is 42.8 Å². The van der Waals surface area contributed by atoms with Crippen molar-refractivity contribution in [2.24, 2.45) is 21.1 Å². The smallest absolute Gasteiger partial charge is 0.381 e. The van der Waals surface area contributed by atoms with Crippen LogP contribution in [0.2, 0.25) is 0 Å². The Morgan fingerprint density at radius 2 is 0.897 bits per heavy atom. The predicted octanol–water partition coefficient (Wildman–Crippen LogP) is 17.8. The summed E-state index contributed by atoms with van der Waals surface area (Å²) in [6.07, 6.45) is 2.11. The molecule has 0 bridgehead atoms. The van der Waals surface area contributed by atoms with Crippen LogP contribution in [0, 0.1) is 20.8 Å². The Morgan fingerprint density at radius 3 is 1.59 bits per heavy atom. The van der Waals surface area contributed by atoms with Crippen LogP contribution in [0.25, 0.3) is 142 Å². The standard InChI is InChI=1S/C25H18NOS.2C23H18NO/c1-15-18-9-5-6-10-24(18)28-25(15)21-13-20-19-11-16-7-3-4-8-17(16)12-22(19)27-23(20)14-26(21)2;1-15-7-3-5-9-17(15)20-13-12-19-22-18-10-6-4-8-16(18)11-14-21(22)25-23(19)24(20)2;1-15-7-3-5-9-17(15)21-14-13-20-19-12-11-16-8-4-6-10-18(16)22(19)25-23(20)24(21)2/h3-14H,1-2H3;2*3-14H,1-2H3/q3*+1. The number of pyridine rings is 3. The zero-order chi connectivity index (χ0) is 52.8. The number of aromatic nitrogens is 3. The summed E-state index contributed by atoms with van der Waals surface area (Å²) in [5, 5.41) is 15.7. The van der Waals surface area contributed by atoms with E-state index in [4.69, 9.17) is 13.3 Å². The highest BCUT2D eigenvalue weighted by molar-refractivity contribution is 7.22. The Balaban J connectivity index is 0.000000106. The molecule has 6 nitrogen and oxygen atoms in total. The minimum Gasteiger partial charge on any atom is -0.450 e. The lowest BCUT2D eigenvalue weighted by atomic mass is 10.0. The first-order valence-electron chi connectivity index (χ1n) is 26.5. The quantitative estimate of drug-likeness (QED) is 0.166. The summed E-state index contributed by atoms with van der Waals surface area (Å²) in [7, 11) is 6.26. The normalized spacial score (nSPS) is 11.7. The average Bonchev–Trinajstić information content (AvgIpc) is 4.26. The van der Waals surface area contributed by atoms with Crippen LogP contribution in [0.1, 0.15) is 16.7 Å². The maximum absolute atomic E-state index is 6.36. The molecule has 0 spiro atoms. The molecule has 16 rings (SSSR count). The molecule has 7 heteroatoms. The summed E-state index contributed by atoms with van der Waals surface area (Å²) in [6.45, 7) is 6.51. The highest BCUT2D eigenvalue weighted by Gasteiger charge is 2.25. The minimum atomic E-state index is 0.909. The van der Waals surface area contributed by atoms with E-state index in [9.17, 15) is 0 Å². The number of nitrogens with zero attached hydrogens (tertiary/aromatic N) is 3. The van der Waals surface area contributed by atoms with Crippen LogP contribution in [0.5, 0.6) is 0 Å². The molecular weight excluding hydrogens is 975 g/mol. The Hall–Kier alpha value is -9.43. The third kappa shape index (κ3) is 7.72. The number of fused-ring (bicyclic) bond motifs is 15. The van der Waals surface area contributed by atoms with E-state index in [0.29, 0.717) is 0 Å². The highest BCUT2D eigenvalue weighted by atomic mass is 32.1. The lowest BCUT2D eigenvalue weighted by molar-refractivity contribution is -0.659. The van der Waals surface area contributed by atoms with Crippen LogP contribution in [-0.4, -0.2) is 0 Å². The van der Waals surface area contributed by atoms with Crippen molar-refractivity contribution >= 4 is 120 Å². The van der Waals surface area contributed by atoms with Crippen LogP contribution < -0.4 is 13.7 Å². The molecule has 0 radical (unpaired) electrons. The van der Waals surface area contributed by atoms with Crippen LogP contribution in [0.3, 0.4) is 0 Å². The van der Waals surface area contributed by atoms with Gasteiger partial charge in [0.2, 0.25) is 23.3 Å². The summed E-state index contributed by atoms with van der Waals surface area (Å²) < 4.78 is 26.7. The fourth-order valence-electron chi connectivity index (χ4n) is 11.7. The molecule has 0 unspecified atom stereocenters. The monoisotopic (exact) mass is 1030 g/mol. The molecule has 0 N–H and O–H groups in total. The fraction of sp³-hybridized carbons (Fsp3) is 0.0845. The second-order valence-corrected chi connectivity index (χ2v) is 21.6. The molecule has 7 aromatic heterocycles. The number of rotatable bonds is 3. The molecule has 0 amide bonds. The molecule has 374 valence electrons. The van der Waals surface area contributed by atoms with E-state index in [1.165, 1.54) is 97.0 Å².